The van der Waals surface area contributed by atoms with Crippen molar-refractivity contribution in [2.45, 2.75) is 0 Å². The lowest BCUT2D eigenvalue weighted by molar-refractivity contribution is 0.112. The summed E-state index contributed by atoms with van der Waals surface area (Å²) in [7, 11) is 0. The van der Waals surface area contributed by atoms with Crippen LogP contribution in [0.1, 0.15) is 21.5 Å². The predicted molar refractivity (Wildman–Crippen MR) is 62.0 cm³/mol. The van der Waals surface area contributed by atoms with Gasteiger partial charge in [-0.05, 0) is 18.2 Å². The number of rotatable bonds is 1. The van der Waals surface area contributed by atoms with Crippen LogP contribution < -0.4 is 0 Å². The molecule has 0 aliphatic rings. The van der Waals surface area contributed by atoms with Gasteiger partial charge < -0.3 is 0 Å². The number of nitrogens with zero attached hydrogens (tertiary/aromatic N) is 1. The van der Waals surface area contributed by atoms with Crippen LogP contribution in [0.4, 0.5) is 0 Å². The molecule has 76 valence electrons. The first kappa shape index (κ1) is 10.1. The molecule has 2 rings (SSSR count). The summed E-state index contributed by atoms with van der Waals surface area (Å²) < 4.78 is 0. The molecule has 0 aliphatic heterocycles. The van der Waals surface area contributed by atoms with Crippen molar-refractivity contribution in [2.24, 2.45) is 0 Å². The van der Waals surface area contributed by atoms with Crippen molar-refractivity contribution in [3.8, 4) is 11.8 Å². The first-order valence-electron chi connectivity index (χ1n) is 4.86. The molecule has 2 aromatic rings. The highest BCUT2D eigenvalue weighted by molar-refractivity contribution is 5.79. The van der Waals surface area contributed by atoms with Crippen LogP contribution in [0.25, 0.3) is 0 Å². The van der Waals surface area contributed by atoms with Gasteiger partial charge in [0.15, 0.2) is 6.29 Å². The largest absolute Gasteiger partial charge is 0.298 e. The van der Waals surface area contributed by atoms with Crippen LogP contribution in [0.3, 0.4) is 0 Å². The van der Waals surface area contributed by atoms with Gasteiger partial charge in [-0.3, -0.25) is 9.78 Å². The maximum Gasteiger partial charge on any atom is 0.151 e. The van der Waals surface area contributed by atoms with Crippen LogP contribution in [0, 0.1) is 11.8 Å². The molecule has 1 heterocycles. The molecule has 0 unspecified atom stereocenters. The second-order valence-electron chi connectivity index (χ2n) is 3.20. The third kappa shape index (κ3) is 2.34. The van der Waals surface area contributed by atoms with Gasteiger partial charge in [0.1, 0.15) is 0 Å². The minimum absolute atomic E-state index is 0.568. The first-order valence-corrected chi connectivity index (χ1v) is 4.86. The number of hydrogen-bond acceptors (Lipinski definition) is 2. The van der Waals surface area contributed by atoms with Crippen molar-refractivity contribution in [2.75, 3.05) is 0 Å². The fourth-order valence-electron chi connectivity index (χ4n) is 1.27. The van der Waals surface area contributed by atoms with Gasteiger partial charge in [-0.25, -0.2) is 0 Å². The highest BCUT2D eigenvalue weighted by Crippen LogP contribution is 2.02. The average Bonchev–Trinajstić information content (AvgIpc) is 2.38. The number of benzene rings is 1. The molecule has 1 aromatic carbocycles. The van der Waals surface area contributed by atoms with Crippen LogP contribution in [-0.4, -0.2) is 11.3 Å². The Bertz CT molecular complexity index is 550. The van der Waals surface area contributed by atoms with Crippen molar-refractivity contribution in [3.63, 3.8) is 0 Å². The monoisotopic (exact) mass is 207 g/mol. The molecule has 1 aromatic heterocycles. The summed E-state index contributed by atoms with van der Waals surface area (Å²) in [5.74, 6) is 5.92. The summed E-state index contributed by atoms with van der Waals surface area (Å²) in [4.78, 5) is 14.7. The molecule has 0 atom stereocenters. The standard InChI is InChI=1S/C14H9NO/c16-11-14-8-9-15-10-13(14)7-6-12-4-2-1-3-5-12/h1-5,8-11H. The summed E-state index contributed by atoms with van der Waals surface area (Å²) in [5, 5.41) is 0. The second kappa shape index (κ2) is 4.90. The third-order valence-electron chi connectivity index (χ3n) is 2.10. The predicted octanol–water partition coefficient (Wildman–Crippen LogP) is 2.29. The number of hydrogen-bond donors (Lipinski definition) is 0. The van der Waals surface area contributed by atoms with Gasteiger partial charge in [0.05, 0.1) is 5.56 Å². The van der Waals surface area contributed by atoms with Crippen LogP contribution in [0.5, 0.6) is 0 Å². The Kier molecular flexibility index (Phi) is 3.10. The number of aromatic nitrogens is 1. The Balaban J connectivity index is 2.34. The van der Waals surface area contributed by atoms with Crippen LogP contribution in [0.15, 0.2) is 48.8 Å². The molecule has 0 aliphatic carbocycles. The number of pyridine rings is 1. The van der Waals surface area contributed by atoms with E-state index in [-0.39, 0.29) is 0 Å². The van der Waals surface area contributed by atoms with Gasteiger partial charge in [0.25, 0.3) is 0 Å². The lowest BCUT2D eigenvalue weighted by Crippen LogP contribution is -1.87. The van der Waals surface area contributed by atoms with Gasteiger partial charge in [-0.1, -0.05) is 30.0 Å². The smallest absolute Gasteiger partial charge is 0.151 e. The Morgan fingerprint density at radius 3 is 2.62 bits per heavy atom. The van der Waals surface area contributed by atoms with E-state index >= 15 is 0 Å². The van der Waals surface area contributed by atoms with Crippen LogP contribution in [0.2, 0.25) is 0 Å². The average molecular weight is 207 g/mol. The van der Waals surface area contributed by atoms with Crippen molar-refractivity contribution in [1.82, 2.24) is 4.98 Å². The van der Waals surface area contributed by atoms with Gasteiger partial charge in [0.2, 0.25) is 0 Å². The van der Waals surface area contributed by atoms with E-state index < -0.39 is 0 Å². The molecule has 0 spiro atoms. The summed E-state index contributed by atoms with van der Waals surface area (Å²) in [6, 6.07) is 11.3. The zero-order chi connectivity index (χ0) is 11.2. The normalized spacial score (nSPS) is 9.00. The molecule has 0 saturated carbocycles. The Morgan fingerprint density at radius 1 is 1.06 bits per heavy atom. The molecule has 0 saturated heterocycles. The van der Waals surface area contributed by atoms with E-state index in [0.29, 0.717) is 11.1 Å². The molecule has 0 fully saturated rings. The van der Waals surface area contributed by atoms with Gasteiger partial charge in [-0.15, -0.1) is 0 Å². The number of carbonyl (C=O) groups is 1. The fourth-order valence-corrected chi connectivity index (χ4v) is 1.27. The maximum atomic E-state index is 10.7. The van der Waals surface area contributed by atoms with Gasteiger partial charge in [0, 0.05) is 23.5 Å². The maximum absolute atomic E-state index is 10.7. The number of carbonyl (C=O) groups excluding carboxylic acids is 1. The second-order valence-corrected chi connectivity index (χ2v) is 3.20. The van der Waals surface area contributed by atoms with Crippen LogP contribution in [-0.2, 0) is 0 Å². The van der Waals surface area contributed by atoms with Gasteiger partial charge >= 0.3 is 0 Å². The minimum atomic E-state index is 0.568. The summed E-state index contributed by atoms with van der Waals surface area (Å²) in [6.07, 6.45) is 3.97. The molecule has 0 N–H and O–H groups in total. The van der Waals surface area contributed by atoms with E-state index in [0.717, 1.165) is 11.8 Å². The molecule has 0 amide bonds. The molecular formula is C14H9NO. The zero-order valence-corrected chi connectivity index (χ0v) is 8.55. The van der Waals surface area contributed by atoms with Crippen molar-refractivity contribution in [3.05, 3.63) is 65.5 Å². The first-order chi connectivity index (χ1) is 7.90. The summed E-state index contributed by atoms with van der Waals surface area (Å²) in [5.41, 5.74) is 2.14. The molecule has 0 radical (unpaired) electrons. The number of aldehydes is 1. The molecular weight excluding hydrogens is 198 g/mol. The Hall–Kier alpha value is -2.40. The third-order valence-corrected chi connectivity index (χ3v) is 2.10. The highest BCUT2D eigenvalue weighted by Gasteiger charge is 1.96. The van der Waals surface area contributed by atoms with Crippen LogP contribution >= 0.6 is 0 Å². The van der Waals surface area contributed by atoms with Gasteiger partial charge in [-0.2, -0.15) is 0 Å². The highest BCUT2D eigenvalue weighted by atomic mass is 16.1. The quantitative estimate of drug-likeness (QED) is 0.530. The van der Waals surface area contributed by atoms with Crippen molar-refractivity contribution in [1.29, 1.82) is 0 Å². The Labute approximate surface area is 94.0 Å². The molecule has 0 bridgehead atoms. The summed E-state index contributed by atoms with van der Waals surface area (Å²) in [6.45, 7) is 0. The molecule has 2 nitrogen and oxygen atoms in total. The van der Waals surface area contributed by atoms with E-state index in [4.69, 9.17) is 0 Å². The van der Waals surface area contributed by atoms with E-state index in [1.807, 2.05) is 30.3 Å². The van der Waals surface area contributed by atoms with E-state index in [2.05, 4.69) is 16.8 Å². The molecule has 2 heteroatoms. The van der Waals surface area contributed by atoms with Crippen molar-refractivity contribution >= 4 is 6.29 Å². The van der Waals surface area contributed by atoms with E-state index in [1.165, 1.54) is 0 Å². The van der Waals surface area contributed by atoms with E-state index in [1.54, 1.807) is 18.5 Å². The SMILES string of the molecule is O=Cc1ccncc1C#Cc1ccccc1. The minimum Gasteiger partial charge on any atom is -0.298 e. The molecule has 16 heavy (non-hydrogen) atoms. The lowest BCUT2D eigenvalue weighted by Gasteiger charge is -1.93. The lowest BCUT2D eigenvalue weighted by atomic mass is 10.1. The Morgan fingerprint density at radius 2 is 1.88 bits per heavy atom. The van der Waals surface area contributed by atoms with E-state index in [9.17, 15) is 4.79 Å². The zero-order valence-electron chi connectivity index (χ0n) is 8.55. The van der Waals surface area contributed by atoms with Crippen molar-refractivity contribution < 1.29 is 4.79 Å². The fraction of sp³-hybridized carbons (Fsp3) is 0. The summed E-state index contributed by atoms with van der Waals surface area (Å²) >= 11 is 0. The topological polar surface area (TPSA) is 30.0 Å².